The van der Waals surface area contributed by atoms with E-state index >= 15 is 0 Å². The van der Waals surface area contributed by atoms with Crippen LogP contribution < -0.4 is 5.32 Å². The van der Waals surface area contributed by atoms with Gasteiger partial charge in [0.15, 0.2) is 0 Å². The molecule has 1 amide bonds. The molecule has 166 valence electrons. The fourth-order valence-corrected chi connectivity index (χ4v) is 5.56. The molecule has 0 radical (unpaired) electrons. The van der Waals surface area contributed by atoms with E-state index in [1.807, 2.05) is 19.1 Å². The highest BCUT2D eigenvalue weighted by atomic mass is 79.9. The van der Waals surface area contributed by atoms with E-state index in [0.717, 1.165) is 15.6 Å². The topological polar surface area (TPSA) is 92.8 Å². The average molecular weight is 509 g/mol. The fourth-order valence-electron chi connectivity index (χ4n) is 3.56. The van der Waals surface area contributed by atoms with Gasteiger partial charge in [-0.1, -0.05) is 34.1 Å². The number of carbonyl (C=O) groups excluding carboxylic acids is 2. The van der Waals surface area contributed by atoms with Crippen LogP contribution in [0.2, 0.25) is 0 Å². The third-order valence-electron chi connectivity index (χ3n) is 5.37. The number of sulfonamides is 1. The second kappa shape index (κ2) is 9.93. The standard InChI is InChI=1S/C22H25BrN2O5S/c1-15-6-7-18(22(27)30-2)13-20(15)24-21(26)17-8-10-25(11-9-17)31(28,29)14-16-4-3-5-19(23)12-16/h3-7,12-13,17H,8-11,14H2,1-2H3,(H,24,26). The second-order valence-electron chi connectivity index (χ2n) is 7.57. The Morgan fingerprint density at radius 3 is 2.52 bits per heavy atom. The lowest BCUT2D eigenvalue weighted by molar-refractivity contribution is -0.120. The number of anilines is 1. The largest absolute Gasteiger partial charge is 0.465 e. The van der Waals surface area contributed by atoms with Crippen LogP contribution in [0.25, 0.3) is 0 Å². The van der Waals surface area contributed by atoms with Crippen LogP contribution in [-0.4, -0.2) is 44.8 Å². The minimum atomic E-state index is -3.46. The van der Waals surface area contributed by atoms with Crippen molar-refractivity contribution in [1.29, 1.82) is 0 Å². The normalized spacial score (nSPS) is 15.5. The van der Waals surface area contributed by atoms with Gasteiger partial charge in [0.1, 0.15) is 0 Å². The number of piperidine rings is 1. The van der Waals surface area contributed by atoms with Gasteiger partial charge in [-0.05, 0) is 55.2 Å². The molecule has 0 saturated carbocycles. The van der Waals surface area contributed by atoms with Crippen molar-refractivity contribution in [2.75, 3.05) is 25.5 Å². The Hall–Kier alpha value is -2.23. The van der Waals surface area contributed by atoms with Crippen LogP contribution in [0.1, 0.15) is 34.3 Å². The summed E-state index contributed by atoms with van der Waals surface area (Å²) in [6, 6.07) is 12.2. The highest BCUT2D eigenvalue weighted by Gasteiger charge is 2.31. The Morgan fingerprint density at radius 1 is 1.16 bits per heavy atom. The summed E-state index contributed by atoms with van der Waals surface area (Å²) in [7, 11) is -2.15. The van der Waals surface area contributed by atoms with Crippen molar-refractivity contribution in [3.8, 4) is 0 Å². The lowest BCUT2D eigenvalue weighted by Crippen LogP contribution is -2.41. The maximum Gasteiger partial charge on any atom is 0.337 e. The van der Waals surface area contributed by atoms with Gasteiger partial charge >= 0.3 is 5.97 Å². The summed E-state index contributed by atoms with van der Waals surface area (Å²) in [5.74, 6) is -1.00. The van der Waals surface area contributed by atoms with Gasteiger partial charge in [-0.3, -0.25) is 4.79 Å². The molecule has 31 heavy (non-hydrogen) atoms. The van der Waals surface area contributed by atoms with E-state index in [0.29, 0.717) is 37.2 Å². The molecule has 0 bridgehead atoms. The van der Waals surface area contributed by atoms with Crippen LogP contribution in [0.3, 0.4) is 0 Å². The third kappa shape index (κ3) is 5.93. The zero-order valence-electron chi connectivity index (χ0n) is 17.4. The molecule has 0 atom stereocenters. The van der Waals surface area contributed by atoms with Crippen molar-refractivity contribution in [3.05, 3.63) is 63.6 Å². The predicted octanol–water partition coefficient (Wildman–Crippen LogP) is 3.72. The predicted molar refractivity (Wildman–Crippen MR) is 122 cm³/mol. The summed E-state index contributed by atoms with van der Waals surface area (Å²) in [4.78, 5) is 24.5. The molecule has 3 rings (SSSR count). The van der Waals surface area contributed by atoms with Crippen LogP contribution in [0.4, 0.5) is 5.69 Å². The second-order valence-corrected chi connectivity index (χ2v) is 10.5. The number of halogens is 1. The third-order valence-corrected chi connectivity index (χ3v) is 7.72. The maximum absolute atomic E-state index is 12.8. The summed E-state index contributed by atoms with van der Waals surface area (Å²) < 4.78 is 32.6. The quantitative estimate of drug-likeness (QED) is 0.600. The van der Waals surface area contributed by atoms with E-state index in [4.69, 9.17) is 4.74 Å². The van der Waals surface area contributed by atoms with Crippen LogP contribution in [0.5, 0.6) is 0 Å². The molecule has 1 fully saturated rings. The number of carbonyl (C=O) groups is 2. The lowest BCUT2D eigenvalue weighted by Gasteiger charge is -2.30. The number of methoxy groups -OCH3 is 1. The number of esters is 1. The molecule has 1 aliphatic heterocycles. The van der Waals surface area contributed by atoms with Gasteiger partial charge < -0.3 is 10.1 Å². The van der Waals surface area contributed by atoms with Crippen LogP contribution in [0.15, 0.2) is 46.9 Å². The SMILES string of the molecule is COC(=O)c1ccc(C)c(NC(=O)C2CCN(S(=O)(=O)Cc3cccc(Br)c3)CC2)c1. The van der Waals surface area contributed by atoms with E-state index in [1.54, 1.807) is 30.3 Å². The van der Waals surface area contributed by atoms with Crippen molar-refractivity contribution in [2.24, 2.45) is 5.92 Å². The Bertz CT molecular complexity index is 1080. The summed E-state index contributed by atoms with van der Waals surface area (Å²) in [6.07, 6.45) is 0.887. The molecule has 9 heteroatoms. The van der Waals surface area contributed by atoms with Crippen LogP contribution >= 0.6 is 15.9 Å². The monoisotopic (exact) mass is 508 g/mol. The molecule has 1 heterocycles. The summed E-state index contributed by atoms with van der Waals surface area (Å²) in [5.41, 5.74) is 2.46. The first-order valence-corrected chi connectivity index (χ1v) is 12.3. The van der Waals surface area contributed by atoms with E-state index in [1.165, 1.54) is 11.4 Å². The molecule has 7 nitrogen and oxygen atoms in total. The zero-order chi connectivity index (χ0) is 22.6. The molecular weight excluding hydrogens is 484 g/mol. The number of rotatable bonds is 6. The minimum absolute atomic E-state index is 0.0666. The molecule has 2 aromatic carbocycles. The number of hydrogen-bond acceptors (Lipinski definition) is 5. The summed E-state index contributed by atoms with van der Waals surface area (Å²) in [5, 5.41) is 2.88. The van der Waals surface area contributed by atoms with Crippen LogP contribution in [-0.2, 0) is 25.3 Å². The van der Waals surface area contributed by atoms with E-state index in [-0.39, 0.29) is 17.6 Å². The molecule has 1 aliphatic rings. The Kier molecular flexibility index (Phi) is 7.51. The average Bonchev–Trinajstić information content (AvgIpc) is 2.74. The molecule has 1 saturated heterocycles. The van der Waals surface area contributed by atoms with E-state index < -0.39 is 16.0 Å². The van der Waals surface area contributed by atoms with Gasteiger partial charge in [0.05, 0.1) is 18.4 Å². The van der Waals surface area contributed by atoms with E-state index in [2.05, 4.69) is 21.2 Å². The smallest absolute Gasteiger partial charge is 0.337 e. The van der Waals surface area contributed by atoms with Crippen molar-refractivity contribution in [2.45, 2.75) is 25.5 Å². The van der Waals surface area contributed by atoms with Gasteiger partial charge in [-0.25, -0.2) is 17.5 Å². The number of benzene rings is 2. The molecule has 0 spiro atoms. The zero-order valence-corrected chi connectivity index (χ0v) is 19.8. The number of amides is 1. The Morgan fingerprint density at radius 2 is 1.87 bits per heavy atom. The van der Waals surface area contributed by atoms with Gasteiger partial charge in [-0.15, -0.1) is 0 Å². The maximum atomic E-state index is 12.8. The highest BCUT2D eigenvalue weighted by molar-refractivity contribution is 9.10. The Balaban J connectivity index is 1.60. The van der Waals surface area contributed by atoms with E-state index in [9.17, 15) is 18.0 Å². The number of hydrogen-bond donors (Lipinski definition) is 1. The van der Waals surface area contributed by atoms with Crippen molar-refractivity contribution < 1.29 is 22.7 Å². The molecular formula is C22H25BrN2O5S. The van der Waals surface area contributed by atoms with Gasteiger partial charge in [-0.2, -0.15) is 0 Å². The van der Waals surface area contributed by atoms with Crippen molar-refractivity contribution >= 4 is 43.5 Å². The van der Waals surface area contributed by atoms with Gasteiger partial charge in [0, 0.05) is 29.2 Å². The van der Waals surface area contributed by atoms with Crippen LogP contribution in [0, 0.1) is 12.8 Å². The fraction of sp³-hybridized carbons (Fsp3) is 0.364. The first-order chi connectivity index (χ1) is 14.7. The first-order valence-electron chi connectivity index (χ1n) is 9.91. The molecule has 0 aliphatic carbocycles. The van der Waals surface area contributed by atoms with Gasteiger partial charge in [0.25, 0.3) is 0 Å². The number of nitrogens with one attached hydrogen (secondary N) is 1. The summed E-state index contributed by atoms with van der Waals surface area (Å²) in [6.45, 7) is 2.44. The molecule has 1 N–H and O–H groups in total. The number of aryl methyl sites for hydroxylation is 1. The number of ether oxygens (including phenoxy) is 1. The Labute approximate surface area is 191 Å². The van der Waals surface area contributed by atoms with Gasteiger partial charge in [0.2, 0.25) is 15.9 Å². The van der Waals surface area contributed by atoms with Crippen molar-refractivity contribution in [3.63, 3.8) is 0 Å². The molecule has 0 unspecified atom stereocenters. The molecule has 0 aromatic heterocycles. The first kappa shape index (κ1) is 23.4. The minimum Gasteiger partial charge on any atom is -0.465 e. The summed E-state index contributed by atoms with van der Waals surface area (Å²) >= 11 is 3.36. The lowest BCUT2D eigenvalue weighted by atomic mass is 9.97. The highest BCUT2D eigenvalue weighted by Crippen LogP contribution is 2.25. The van der Waals surface area contributed by atoms with Crippen molar-refractivity contribution in [1.82, 2.24) is 4.31 Å². The number of nitrogens with zero attached hydrogens (tertiary/aromatic N) is 1. The molecule has 2 aromatic rings.